The largest absolute Gasteiger partial charge is 0.497 e. The molecular weight excluding hydrogens is 442 g/mol. The van der Waals surface area contributed by atoms with Crippen molar-refractivity contribution in [1.29, 1.82) is 0 Å². The van der Waals surface area contributed by atoms with Gasteiger partial charge in [0.1, 0.15) is 24.3 Å². The molecule has 0 bridgehead atoms. The highest BCUT2D eigenvalue weighted by Crippen LogP contribution is 2.32. The van der Waals surface area contributed by atoms with E-state index in [1.54, 1.807) is 28.7 Å². The summed E-state index contributed by atoms with van der Waals surface area (Å²) in [7, 11) is 5.25. The molecule has 12 nitrogen and oxygen atoms in total. The van der Waals surface area contributed by atoms with Gasteiger partial charge in [-0.1, -0.05) is 12.1 Å². The van der Waals surface area contributed by atoms with Crippen LogP contribution in [0.1, 0.15) is 11.8 Å². The Bertz CT molecular complexity index is 1140. The molecule has 1 aliphatic rings. The fraction of sp³-hybridized carbons (Fsp3) is 0.455. The third-order valence-electron chi connectivity index (χ3n) is 5.85. The van der Waals surface area contributed by atoms with Crippen LogP contribution in [0.3, 0.4) is 0 Å². The van der Waals surface area contributed by atoms with Crippen LogP contribution in [0.2, 0.25) is 0 Å². The summed E-state index contributed by atoms with van der Waals surface area (Å²) in [6, 6.07) is 5.52. The lowest BCUT2D eigenvalue weighted by molar-refractivity contribution is -0.124. The number of aromatic nitrogens is 4. The van der Waals surface area contributed by atoms with E-state index in [1.165, 1.54) is 12.7 Å². The fourth-order valence-corrected chi connectivity index (χ4v) is 4.04. The summed E-state index contributed by atoms with van der Waals surface area (Å²) in [6.07, 6.45) is 0.250. The number of hydrogen-bond acceptors (Lipinski definition) is 10. The van der Waals surface area contributed by atoms with Gasteiger partial charge in [0.15, 0.2) is 23.2 Å². The van der Waals surface area contributed by atoms with Gasteiger partial charge in [0, 0.05) is 14.1 Å². The smallest absolute Gasteiger partial charge is 0.237 e. The molecule has 4 rings (SSSR count). The average Bonchev–Trinajstić information content (AvgIpc) is 3.40. The van der Waals surface area contributed by atoms with Crippen LogP contribution in [-0.2, 0) is 16.0 Å². The van der Waals surface area contributed by atoms with Crippen molar-refractivity contribution < 1.29 is 24.5 Å². The van der Waals surface area contributed by atoms with Crippen molar-refractivity contribution in [1.82, 2.24) is 24.8 Å². The van der Waals surface area contributed by atoms with E-state index in [0.717, 1.165) is 5.56 Å². The van der Waals surface area contributed by atoms with Gasteiger partial charge in [-0.25, -0.2) is 15.0 Å². The molecule has 34 heavy (non-hydrogen) atoms. The highest BCUT2D eigenvalue weighted by molar-refractivity contribution is 5.83. The Balaban J connectivity index is 1.49. The van der Waals surface area contributed by atoms with Crippen molar-refractivity contribution >= 4 is 22.9 Å². The summed E-state index contributed by atoms with van der Waals surface area (Å²) in [6.45, 7) is -0.406. The minimum absolute atomic E-state index is 0.295. The van der Waals surface area contributed by atoms with Gasteiger partial charge >= 0.3 is 0 Å². The van der Waals surface area contributed by atoms with Crippen molar-refractivity contribution in [3.8, 4) is 5.75 Å². The lowest BCUT2D eigenvalue weighted by Crippen LogP contribution is -2.53. The van der Waals surface area contributed by atoms with E-state index in [-0.39, 0.29) is 0 Å². The van der Waals surface area contributed by atoms with E-state index < -0.39 is 43.0 Å². The van der Waals surface area contributed by atoms with Gasteiger partial charge in [0.05, 0.1) is 32.1 Å². The number of ether oxygens (including phenoxy) is 2. The predicted octanol–water partition coefficient (Wildman–Crippen LogP) is -0.794. The number of rotatable bonds is 8. The summed E-state index contributed by atoms with van der Waals surface area (Å²) in [4.78, 5) is 27.5. The van der Waals surface area contributed by atoms with Crippen molar-refractivity contribution in [3.63, 3.8) is 0 Å². The standard InChI is InChI=1S/C22H29N7O5/c1-28(2)19-17-20(25-10-24-19)29(11-26-17)22-18(31)16(15(9-30)34-22)27-21(32)14(23)8-12-4-6-13(33-3)7-5-12/h4-7,10-11,14-16,18,22,30-31H,8-9,23H2,1-3H3,(H,27,32)/t14-,15+,16+,18+,22?/m0/s1. The molecular formula is C22H29N7O5. The topological polar surface area (TPSA) is 161 Å². The summed E-state index contributed by atoms with van der Waals surface area (Å²) < 4.78 is 12.6. The van der Waals surface area contributed by atoms with Gasteiger partial charge in [-0.2, -0.15) is 0 Å². The first-order valence-corrected chi connectivity index (χ1v) is 10.8. The SMILES string of the molecule is COc1ccc(C[C@H](N)C(=O)N[C@@H]2[C@@H](CO)OC(n3cnc4c(N(C)C)ncnc43)[C@@H]2O)cc1. The monoisotopic (exact) mass is 471 g/mol. The number of hydrogen-bond donors (Lipinski definition) is 4. The first-order valence-electron chi connectivity index (χ1n) is 10.8. The number of methoxy groups -OCH3 is 1. The van der Waals surface area contributed by atoms with Crippen LogP contribution in [-0.4, -0.2) is 87.7 Å². The zero-order chi connectivity index (χ0) is 24.4. The van der Waals surface area contributed by atoms with Gasteiger partial charge in [0.25, 0.3) is 0 Å². The summed E-state index contributed by atoms with van der Waals surface area (Å²) >= 11 is 0. The van der Waals surface area contributed by atoms with Crippen LogP contribution in [0.5, 0.6) is 5.75 Å². The third kappa shape index (κ3) is 4.53. The molecule has 12 heteroatoms. The third-order valence-corrected chi connectivity index (χ3v) is 5.85. The number of aliphatic hydroxyl groups is 2. The van der Waals surface area contributed by atoms with Gasteiger partial charge in [-0.3, -0.25) is 9.36 Å². The number of fused-ring (bicyclic) bond motifs is 1. The molecule has 2 aromatic heterocycles. The second kappa shape index (κ2) is 9.89. The van der Waals surface area contributed by atoms with Gasteiger partial charge < -0.3 is 35.6 Å². The Morgan fingerprint density at radius 1 is 1.29 bits per heavy atom. The van der Waals surface area contributed by atoms with Gasteiger partial charge in [-0.05, 0) is 24.1 Å². The zero-order valence-electron chi connectivity index (χ0n) is 19.2. The number of aliphatic hydroxyl groups excluding tert-OH is 2. The van der Waals surface area contributed by atoms with E-state index in [0.29, 0.717) is 29.2 Å². The molecule has 3 heterocycles. The molecule has 3 aromatic rings. The molecule has 1 aliphatic heterocycles. The first-order chi connectivity index (χ1) is 16.3. The second-order valence-corrected chi connectivity index (χ2v) is 8.35. The van der Waals surface area contributed by atoms with Crippen molar-refractivity contribution in [2.24, 2.45) is 5.73 Å². The molecule has 5 N–H and O–H groups in total. The average molecular weight is 472 g/mol. The second-order valence-electron chi connectivity index (χ2n) is 8.35. The molecule has 182 valence electrons. The minimum Gasteiger partial charge on any atom is -0.497 e. The molecule has 5 atom stereocenters. The zero-order valence-corrected chi connectivity index (χ0v) is 19.2. The Hall–Kier alpha value is -3.32. The van der Waals surface area contributed by atoms with E-state index >= 15 is 0 Å². The van der Waals surface area contributed by atoms with Gasteiger partial charge in [0.2, 0.25) is 5.91 Å². The number of benzene rings is 1. The number of carbonyl (C=O) groups is 1. The Morgan fingerprint density at radius 3 is 2.68 bits per heavy atom. The lowest BCUT2D eigenvalue weighted by atomic mass is 10.0. The molecule has 1 unspecified atom stereocenters. The number of nitrogens with zero attached hydrogens (tertiary/aromatic N) is 5. The lowest BCUT2D eigenvalue weighted by Gasteiger charge is -2.23. The normalized spacial score (nSPS) is 23.1. The number of nitrogens with two attached hydrogens (primary N) is 1. The Labute approximate surface area is 196 Å². The van der Waals surface area contributed by atoms with Crippen molar-refractivity contribution in [3.05, 3.63) is 42.5 Å². The Kier molecular flexibility index (Phi) is 6.93. The van der Waals surface area contributed by atoms with Crippen LogP contribution < -0.4 is 20.7 Å². The van der Waals surface area contributed by atoms with Crippen molar-refractivity contribution in [2.75, 3.05) is 32.7 Å². The number of amides is 1. The quantitative estimate of drug-likeness (QED) is 0.328. The highest BCUT2D eigenvalue weighted by atomic mass is 16.5. The van der Waals surface area contributed by atoms with Crippen LogP contribution in [0.4, 0.5) is 5.82 Å². The van der Waals surface area contributed by atoms with Crippen LogP contribution in [0.15, 0.2) is 36.9 Å². The predicted molar refractivity (Wildman–Crippen MR) is 123 cm³/mol. The summed E-state index contributed by atoms with van der Waals surface area (Å²) in [5, 5.41) is 23.6. The van der Waals surface area contributed by atoms with Crippen molar-refractivity contribution in [2.45, 2.75) is 36.9 Å². The molecule has 1 amide bonds. The molecule has 1 aromatic carbocycles. The molecule has 1 saturated heterocycles. The molecule has 1 fully saturated rings. The van der Waals surface area contributed by atoms with Crippen LogP contribution >= 0.6 is 0 Å². The maximum Gasteiger partial charge on any atom is 0.237 e. The fourth-order valence-electron chi connectivity index (χ4n) is 4.04. The number of nitrogens with one attached hydrogen (secondary N) is 1. The van der Waals surface area contributed by atoms with E-state index in [4.69, 9.17) is 15.2 Å². The minimum atomic E-state index is -1.18. The maximum absolute atomic E-state index is 12.8. The molecule has 0 radical (unpaired) electrons. The van der Waals surface area contributed by atoms with Crippen LogP contribution in [0, 0.1) is 0 Å². The maximum atomic E-state index is 12.8. The van der Waals surface area contributed by atoms with E-state index in [2.05, 4.69) is 20.3 Å². The van der Waals surface area contributed by atoms with E-state index in [9.17, 15) is 15.0 Å². The molecule has 0 aliphatic carbocycles. The number of anilines is 1. The molecule has 0 spiro atoms. The summed E-state index contributed by atoms with van der Waals surface area (Å²) in [5.41, 5.74) is 7.98. The van der Waals surface area contributed by atoms with E-state index in [1.807, 2.05) is 26.2 Å². The first kappa shape index (κ1) is 23.8. The van der Waals surface area contributed by atoms with Gasteiger partial charge in [-0.15, -0.1) is 0 Å². The number of carbonyl (C=O) groups excluding carboxylic acids is 1. The summed E-state index contributed by atoms with van der Waals surface area (Å²) in [5.74, 6) is 0.861. The Morgan fingerprint density at radius 2 is 2.03 bits per heavy atom. The molecule has 0 saturated carbocycles. The van der Waals surface area contributed by atoms with Crippen LogP contribution in [0.25, 0.3) is 11.2 Å². The highest BCUT2D eigenvalue weighted by Gasteiger charge is 2.46. The number of imidazole rings is 1.